The quantitative estimate of drug-likeness (QED) is 0.713. The molecule has 0 saturated carbocycles. The molecule has 19 heavy (non-hydrogen) atoms. The van der Waals surface area contributed by atoms with Gasteiger partial charge in [-0.1, -0.05) is 6.07 Å². The first-order valence-corrected chi connectivity index (χ1v) is 5.77. The van der Waals surface area contributed by atoms with E-state index in [-0.39, 0.29) is 24.8 Å². The van der Waals surface area contributed by atoms with Crippen LogP contribution in [-0.4, -0.2) is 38.3 Å². The minimum Gasteiger partial charge on any atom is -0.481 e. The summed E-state index contributed by atoms with van der Waals surface area (Å²) in [5.74, 6) is -0.242. The van der Waals surface area contributed by atoms with Gasteiger partial charge in [0.2, 0.25) is 5.88 Å². The SMILES string of the molecule is COC(=O)CCc1nc(OC)ccc1CC(=O)OC. The van der Waals surface area contributed by atoms with Gasteiger partial charge in [-0.05, 0) is 5.56 Å². The first-order chi connectivity index (χ1) is 9.10. The normalized spacial score (nSPS) is 9.84. The van der Waals surface area contributed by atoms with Gasteiger partial charge in [-0.25, -0.2) is 4.98 Å². The van der Waals surface area contributed by atoms with E-state index in [2.05, 4.69) is 14.5 Å². The number of aryl methyl sites for hydroxylation is 1. The monoisotopic (exact) mass is 267 g/mol. The van der Waals surface area contributed by atoms with E-state index in [1.807, 2.05) is 0 Å². The lowest BCUT2D eigenvalue weighted by Gasteiger charge is -2.09. The number of nitrogens with zero attached hydrogens (tertiary/aromatic N) is 1. The van der Waals surface area contributed by atoms with E-state index < -0.39 is 0 Å². The first-order valence-electron chi connectivity index (χ1n) is 5.77. The van der Waals surface area contributed by atoms with Crippen molar-refractivity contribution in [1.82, 2.24) is 4.98 Å². The van der Waals surface area contributed by atoms with Crippen LogP contribution < -0.4 is 4.74 Å². The smallest absolute Gasteiger partial charge is 0.310 e. The highest BCUT2D eigenvalue weighted by atomic mass is 16.5. The van der Waals surface area contributed by atoms with Gasteiger partial charge in [-0.15, -0.1) is 0 Å². The van der Waals surface area contributed by atoms with E-state index in [0.717, 1.165) is 5.56 Å². The zero-order chi connectivity index (χ0) is 14.3. The Morgan fingerprint density at radius 2 is 1.79 bits per heavy atom. The molecule has 1 aromatic rings. The van der Waals surface area contributed by atoms with Crippen molar-refractivity contribution in [2.24, 2.45) is 0 Å². The summed E-state index contributed by atoms with van der Waals surface area (Å²) in [7, 11) is 4.16. The number of methoxy groups -OCH3 is 3. The number of pyridine rings is 1. The van der Waals surface area contributed by atoms with Crippen LogP contribution in [0.5, 0.6) is 5.88 Å². The Morgan fingerprint density at radius 3 is 2.37 bits per heavy atom. The van der Waals surface area contributed by atoms with Crippen LogP contribution >= 0.6 is 0 Å². The van der Waals surface area contributed by atoms with Gasteiger partial charge in [0.1, 0.15) is 0 Å². The summed E-state index contributed by atoms with van der Waals surface area (Å²) in [6.07, 6.45) is 0.699. The molecule has 6 heteroatoms. The van der Waals surface area contributed by atoms with Crippen LogP contribution in [0.3, 0.4) is 0 Å². The molecular weight excluding hydrogens is 250 g/mol. The fourth-order valence-electron chi connectivity index (χ4n) is 1.55. The van der Waals surface area contributed by atoms with E-state index in [0.29, 0.717) is 18.0 Å². The second-order valence-corrected chi connectivity index (χ2v) is 3.79. The molecule has 1 rings (SSSR count). The number of hydrogen-bond acceptors (Lipinski definition) is 6. The molecule has 0 radical (unpaired) electrons. The standard InChI is InChI=1S/C13H17NO5/c1-17-11-6-4-9(8-13(16)19-3)10(14-11)5-7-12(15)18-2/h4,6H,5,7-8H2,1-3H3. The molecule has 0 atom stereocenters. The highest BCUT2D eigenvalue weighted by molar-refractivity contribution is 5.73. The fraction of sp³-hybridized carbons (Fsp3) is 0.462. The van der Waals surface area contributed by atoms with Gasteiger partial charge in [-0.2, -0.15) is 0 Å². The first kappa shape index (κ1) is 14.9. The van der Waals surface area contributed by atoms with Crippen molar-refractivity contribution in [3.05, 3.63) is 23.4 Å². The largest absolute Gasteiger partial charge is 0.481 e. The lowest BCUT2D eigenvalue weighted by atomic mass is 10.1. The molecule has 0 N–H and O–H groups in total. The van der Waals surface area contributed by atoms with Crippen LogP contribution in [0.25, 0.3) is 0 Å². The van der Waals surface area contributed by atoms with Crippen LogP contribution in [0, 0.1) is 0 Å². The summed E-state index contributed by atoms with van der Waals surface area (Å²) in [6.45, 7) is 0. The topological polar surface area (TPSA) is 74.7 Å². The lowest BCUT2D eigenvalue weighted by Crippen LogP contribution is -2.10. The maximum Gasteiger partial charge on any atom is 0.310 e. The molecule has 0 aliphatic heterocycles. The van der Waals surface area contributed by atoms with Crippen LogP contribution in [0.1, 0.15) is 17.7 Å². The van der Waals surface area contributed by atoms with Crippen molar-refractivity contribution in [3.8, 4) is 5.88 Å². The number of rotatable bonds is 6. The van der Waals surface area contributed by atoms with Crippen molar-refractivity contribution < 1.29 is 23.8 Å². The zero-order valence-corrected chi connectivity index (χ0v) is 11.3. The van der Waals surface area contributed by atoms with Gasteiger partial charge in [-0.3, -0.25) is 9.59 Å². The number of esters is 2. The summed E-state index contributed by atoms with van der Waals surface area (Å²) in [6, 6.07) is 3.41. The molecule has 0 amide bonds. The summed E-state index contributed by atoms with van der Waals surface area (Å²) in [4.78, 5) is 26.7. The average Bonchev–Trinajstić information content (AvgIpc) is 2.45. The third-order valence-electron chi connectivity index (χ3n) is 2.61. The lowest BCUT2D eigenvalue weighted by molar-refractivity contribution is -0.140. The molecule has 1 aromatic heterocycles. The summed E-state index contributed by atoms with van der Waals surface area (Å²) >= 11 is 0. The van der Waals surface area contributed by atoms with E-state index >= 15 is 0 Å². The Labute approximate surface area is 111 Å². The van der Waals surface area contributed by atoms with Crippen molar-refractivity contribution in [3.63, 3.8) is 0 Å². The van der Waals surface area contributed by atoms with Crippen molar-refractivity contribution in [2.75, 3.05) is 21.3 Å². The van der Waals surface area contributed by atoms with E-state index in [4.69, 9.17) is 4.74 Å². The second kappa shape index (κ2) is 7.35. The summed E-state index contributed by atoms with van der Waals surface area (Å²) in [5.41, 5.74) is 1.35. The van der Waals surface area contributed by atoms with E-state index in [1.54, 1.807) is 12.1 Å². The Hall–Kier alpha value is -2.11. The Balaban J connectivity index is 2.88. The van der Waals surface area contributed by atoms with Crippen LogP contribution in [0.4, 0.5) is 0 Å². The van der Waals surface area contributed by atoms with E-state index in [1.165, 1.54) is 21.3 Å². The molecule has 0 saturated heterocycles. The number of hydrogen-bond donors (Lipinski definition) is 0. The van der Waals surface area contributed by atoms with Crippen LogP contribution in [0.15, 0.2) is 12.1 Å². The predicted octanol–water partition coefficient (Wildman–Crippen LogP) is 0.911. The summed E-state index contributed by atoms with van der Waals surface area (Å²) in [5, 5.41) is 0. The number of carbonyl (C=O) groups excluding carboxylic acids is 2. The van der Waals surface area contributed by atoms with Gasteiger partial charge >= 0.3 is 11.9 Å². The highest BCUT2D eigenvalue weighted by Gasteiger charge is 2.12. The molecule has 0 aliphatic rings. The highest BCUT2D eigenvalue weighted by Crippen LogP contribution is 2.16. The molecule has 0 aliphatic carbocycles. The van der Waals surface area contributed by atoms with Gasteiger partial charge in [0.25, 0.3) is 0 Å². The van der Waals surface area contributed by atoms with Crippen LogP contribution in [-0.2, 0) is 31.9 Å². The molecule has 0 unspecified atom stereocenters. The number of aromatic nitrogens is 1. The average molecular weight is 267 g/mol. The summed E-state index contributed by atoms with van der Waals surface area (Å²) < 4.78 is 14.2. The maximum atomic E-state index is 11.3. The maximum absolute atomic E-state index is 11.3. The second-order valence-electron chi connectivity index (χ2n) is 3.79. The molecule has 0 aromatic carbocycles. The molecule has 0 spiro atoms. The van der Waals surface area contributed by atoms with Gasteiger partial charge in [0.15, 0.2) is 0 Å². The third-order valence-corrected chi connectivity index (χ3v) is 2.61. The van der Waals surface area contributed by atoms with Crippen molar-refractivity contribution in [1.29, 1.82) is 0 Å². The molecule has 104 valence electrons. The third kappa shape index (κ3) is 4.57. The van der Waals surface area contributed by atoms with E-state index in [9.17, 15) is 9.59 Å². The van der Waals surface area contributed by atoms with Crippen molar-refractivity contribution in [2.45, 2.75) is 19.3 Å². The Morgan fingerprint density at radius 1 is 1.11 bits per heavy atom. The predicted molar refractivity (Wildman–Crippen MR) is 66.8 cm³/mol. The molecule has 1 heterocycles. The van der Waals surface area contributed by atoms with Crippen molar-refractivity contribution >= 4 is 11.9 Å². The number of carbonyl (C=O) groups is 2. The Bertz CT molecular complexity index is 458. The van der Waals surface area contributed by atoms with Crippen LogP contribution in [0.2, 0.25) is 0 Å². The zero-order valence-electron chi connectivity index (χ0n) is 11.3. The molecule has 0 bridgehead atoms. The Kier molecular flexibility index (Phi) is 5.78. The van der Waals surface area contributed by atoms with Gasteiger partial charge in [0, 0.05) is 18.2 Å². The minimum absolute atomic E-state index is 0.115. The molecule has 0 fully saturated rings. The molecular formula is C13H17NO5. The van der Waals surface area contributed by atoms with Gasteiger partial charge in [0.05, 0.1) is 34.2 Å². The van der Waals surface area contributed by atoms with Gasteiger partial charge < -0.3 is 14.2 Å². The minimum atomic E-state index is -0.355. The molecule has 6 nitrogen and oxygen atoms in total. The number of ether oxygens (including phenoxy) is 3. The fourth-order valence-corrected chi connectivity index (χ4v) is 1.55.